The fraction of sp³-hybridized carbons (Fsp3) is 0.263. The van der Waals surface area contributed by atoms with Gasteiger partial charge in [-0.05, 0) is 49.6 Å². The van der Waals surface area contributed by atoms with E-state index in [1.165, 1.54) is 11.8 Å². The second-order valence-corrected chi connectivity index (χ2v) is 7.92. The molecular formula is C19H18N2O4S2. The van der Waals surface area contributed by atoms with Crippen molar-refractivity contribution in [1.29, 1.82) is 0 Å². The number of benzene rings is 1. The van der Waals surface area contributed by atoms with E-state index in [0.717, 1.165) is 17.5 Å². The zero-order valence-corrected chi connectivity index (χ0v) is 16.8. The van der Waals surface area contributed by atoms with Crippen LogP contribution in [0.2, 0.25) is 0 Å². The van der Waals surface area contributed by atoms with E-state index < -0.39 is 4.92 Å². The minimum atomic E-state index is -0.417. The Balaban J connectivity index is 1.95. The largest absolute Gasteiger partial charge is 0.456 e. The molecule has 140 valence electrons. The monoisotopic (exact) mass is 402 g/mol. The molecule has 0 N–H and O–H groups in total. The van der Waals surface area contributed by atoms with Gasteiger partial charge in [-0.2, -0.15) is 0 Å². The van der Waals surface area contributed by atoms with Crippen molar-refractivity contribution in [2.24, 2.45) is 0 Å². The standard InChI is InChI=1S/C19H18N2O4S2/c1-4-7-20-18(22)17(27-19(20)26)10-13-5-6-16(25-13)14-8-11(2)12(3)9-15(14)21(23)24/h5-6,8-10H,4,7H2,1-3H3/b17-10+. The number of nitro benzene ring substituents is 1. The summed E-state index contributed by atoms with van der Waals surface area (Å²) in [7, 11) is 0. The predicted molar refractivity (Wildman–Crippen MR) is 110 cm³/mol. The maximum atomic E-state index is 12.4. The Bertz CT molecular complexity index is 978. The summed E-state index contributed by atoms with van der Waals surface area (Å²) in [6.07, 6.45) is 2.45. The van der Waals surface area contributed by atoms with Crippen LogP contribution >= 0.6 is 24.0 Å². The summed E-state index contributed by atoms with van der Waals surface area (Å²) in [5.41, 5.74) is 2.19. The lowest BCUT2D eigenvalue weighted by Gasteiger charge is -2.11. The van der Waals surface area contributed by atoms with Gasteiger partial charge in [0.2, 0.25) is 0 Å². The molecule has 0 spiro atoms. The Kier molecular flexibility index (Phi) is 5.48. The molecule has 8 heteroatoms. The number of aryl methyl sites for hydroxylation is 2. The first-order valence-corrected chi connectivity index (χ1v) is 9.65. The Morgan fingerprint density at radius 2 is 2.00 bits per heavy atom. The SMILES string of the molecule is CCCN1C(=O)/C(=C\c2ccc(-c3cc(C)c(C)cc3[N+](=O)[O-])o2)SC1=S. The number of furan rings is 1. The Morgan fingerprint density at radius 3 is 2.67 bits per heavy atom. The zero-order valence-electron chi connectivity index (χ0n) is 15.1. The molecule has 1 aliphatic rings. The van der Waals surface area contributed by atoms with E-state index in [-0.39, 0.29) is 11.6 Å². The van der Waals surface area contributed by atoms with Gasteiger partial charge in [-0.15, -0.1) is 0 Å². The molecule has 1 aliphatic heterocycles. The summed E-state index contributed by atoms with van der Waals surface area (Å²) in [5.74, 6) is 0.705. The first kappa shape index (κ1) is 19.3. The van der Waals surface area contributed by atoms with Crippen molar-refractivity contribution >= 4 is 46.0 Å². The predicted octanol–water partition coefficient (Wildman–Crippen LogP) is 5.08. The van der Waals surface area contributed by atoms with Gasteiger partial charge in [0.1, 0.15) is 15.8 Å². The molecule has 1 aromatic carbocycles. The van der Waals surface area contributed by atoms with Crippen molar-refractivity contribution in [3.05, 3.63) is 56.2 Å². The van der Waals surface area contributed by atoms with Crippen molar-refractivity contribution in [1.82, 2.24) is 4.90 Å². The average molecular weight is 402 g/mol. The number of amides is 1. The molecule has 0 saturated carbocycles. The van der Waals surface area contributed by atoms with E-state index in [1.54, 1.807) is 35.2 Å². The summed E-state index contributed by atoms with van der Waals surface area (Å²) in [6.45, 7) is 6.29. The summed E-state index contributed by atoms with van der Waals surface area (Å²) in [5, 5.41) is 11.4. The summed E-state index contributed by atoms with van der Waals surface area (Å²) < 4.78 is 6.32. The fourth-order valence-corrected chi connectivity index (χ4v) is 4.06. The van der Waals surface area contributed by atoms with Crippen LogP contribution in [0, 0.1) is 24.0 Å². The molecule has 1 aromatic heterocycles. The number of hydrogen-bond donors (Lipinski definition) is 0. The smallest absolute Gasteiger partial charge is 0.280 e. The molecule has 1 fully saturated rings. The highest BCUT2D eigenvalue weighted by Crippen LogP contribution is 2.36. The van der Waals surface area contributed by atoms with Crippen LogP contribution in [0.3, 0.4) is 0 Å². The van der Waals surface area contributed by atoms with Gasteiger partial charge in [0.05, 0.1) is 15.4 Å². The van der Waals surface area contributed by atoms with Crippen molar-refractivity contribution < 1.29 is 14.1 Å². The molecule has 2 heterocycles. The van der Waals surface area contributed by atoms with Crippen LogP contribution in [-0.4, -0.2) is 26.6 Å². The van der Waals surface area contributed by atoms with Crippen LogP contribution in [0.4, 0.5) is 5.69 Å². The first-order valence-electron chi connectivity index (χ1n) is 8.43. The second-order valence-electron chi connectivity index (χ2n) is 6.25. The average Bonchev–Trinajstić information content (AvgIpc) is 3.17. The third-order valence-corrected chi connectivity index (χ3v) is 5.67. The third-order valence-electron chi connectivity index (χ3n) is 4.30. The highest BCUT2D eigenvalue weighted by Gasteiger charge is 2.31. The molecule has 0 radical (unpaired) electrons. The van der Waals surface area contributed by atoms with Gasteiger partial charge in [-0.1, -0.05) is 30.9 Å². The topological polar surface area (TPSA) is 76.6 Å². The fourth-order valence-electron chi connectivity index (χ4n) is 2.77. The number of nitro groups is 1. The molecule has 3 rings (SSSR count). The number of hydrogen-bond acceptors (Lipinski definition) is 6. The van der Waals surface area contributed by atoms with Gasteiger partial charge in [-0.25, -0.2) is 0 Å². The summed E-state index contributed by atoms with van der Waals surface area (Å²) >= 11 is 6.49. The minimum absolute atomic E-state index is 0.00623. The molecule has 6 nitrogen and oxygen atoms in total. The lowest BCUT2D eigenvalue weighted by molar-refractivity contribution is -0.384. The number of nitrogens with zero attached hydrogens (tertiary/aromatic N) is 2. The minimum Gasteiger partial charge on any atom is -0.456 e. The van der Waals surface area contributed by atoms with Crippen LogP contribution in [0.5, 0.6) is 0 Å². The Morgan fingerprint density at radius 1 is 1.30 bits per heavy atom. The molecule has 0 unspecified atom stereocenters. The normalized spacial score (nSPS) is 15.8. The summed E-state index contributed by atoms with van der Waals surface area (Å²) in [4.78, 5) is 25.5. The Hall–Kier alpha value is -2.45. The zero-order chi connectivity index (χ0) is 19.7. The van der Waals surface area contributed by atoms with Gasteiger partial charge in [0, 0.05) is 18.7 Å². The van der Waals surface area contributed by atoms with Crippen LogP contribution < -0.4 is 0 Å². The molecule has 0 atom stereocenters. The number of rotatable bonds is 5. The van der Waals surface area contributed by atoms with E-state index in [1.807, 2.05) is 20.8 Å². The van der Waals surface area contributed by atoms with E-state index in [4.69, 9.17) is 16.6 Å². The van der Waals surface area contributed by atoms with Gasteiger partial charge < -0.3 is 4.42 Å². The van der Waals surface area contributed by atoms with Gasteiger partial charge in [0.25, 0.3) is 11.6 Å². The number of thioether (sulfide) groups is 1. The maximum absolute atomic E-state index is 12.4. The third kappa shape index (κ3) is 3.81. The van der Waals surface area contributed by atoms with Crippen molar-refractivity contribution in [3.63, 3.8) is 0 Å². The molecule has 27 heavy (non-hydrogen) atoms. The second kappa shape index (κ2) is 7.66. The van der Waals surface area contributed by atoms with Gasteiger partial charge >= 0.3 is 0 Å². The quantitative estimate of drug-likeness (QED) is 0.300. The number of carbonyl (C=O) groups is 1. The van der Waals surface area contributed by atoms with Gasteiger partial charge in [0.15, 0.2) is 0 Å². The first-order chi connectivity index (χ1) is 12.8. The lowest BCUT2D eigenvalue weighted by Crippen LogP contribution is -2.28. The van der Waals surface area contributed by atoms with Crippen LogP contribution in [0.25, 0.3) is 17.4 Å². The van der Waals surface area contributed by atoms with Crippen LogP contribution in [-0.2, 0) is 4.79 Å². The molecule has 2 aromatic rings. The van der Waals surface area contributed by atoms with E-state index in [0.29, 0.717) is 32.9 Å². The number of carbonyl (C=O) groups excluding carboxylic acids is 1. The van der Waals surface area contributed by atoms with Crippen molar-refractivity contribution in [3.8, 4) is 11.3 Å². The Labute approximate surface area is 166 Å². The highest BCUT2D eigenvalue weighted by atomic mass is 32.2. The molecule has 0 bridgehead atoms. The van der Waals surface area contributed by atoms with E-state index in [9.17, 15) is 14.9 Å². The molecular weight excluding hydrogens is 384 g/mol. The highest BCUT2D eigenvalue weighted by molar-refractivity contribution is 8.26. The van der Waals surface area contributed by atoms with Crippen LogP contribution in [0.15, 0.2) is 33.6 Å². The van der Waals surface area contributed by atoms with E-state index >= 15 is 0 Å². The lowest BCUT2D eigenvalue weighted by atomic mass is 10.0. The number of thiocarbonyl (C=S) groups is 1. The molecule has 0 aliphatic carbocycles. The summed E-state index contributed by atoms with van der Waals surface area (Å²) in [6, 6.07) is 6.66. The van der Waals surface area contributed by atoms with E-state index in [2.05, 4.69) is 0 Å². The molecule has 1 amide bonds. The molecule has 1 saturated heterocycles. The van der Waals surface area contributed by atoms with Crippen LogP contribution in [0.1, 0.15) is 30.2 Å². The van der Waals surface area contributed by atoms with Gasteiger partial charge in [-0.3, -0.25) is 19.8 Å². The van der Waals surface area contributed by atoms with Crippen molar-refractivity contribution in [2.45, 2.75) is 27.2 Å². The maximum Gasteiger partial charge on any atom is 0.280 e. The van der Waals surface area contributed by atoms with Crippen molar-refractivity contribution in [2.75, 3.05) is 6.54 Å².